The van der Waals surface area contributed by atoms with Gasteiger partial charge in [-0.05, 0) is 109 Å². The lowest BCUT2D eigenvalue weighted by Gasteiger charge is -2.57. The van der Waals surface area contributed by atoms with Gasteiger partial charge in [0.2, 0.25) is 0 Å². The van der Waals surface area contributed by atoms with Crippen LogP contribution in [0.3, 0.4) is 0 Å². The van der Waals surface area contributed by atoms with Crippen molar-refractivity contribution in [3.63, 3.8) is 0 Å². The van der Waals surface area contributed by atoms with Gasteiger partial charge in [0.1, 0.15) is 0 Å². The number of fused-ring (bicyclic) bond motifs is 3. The molecule has 1 heterocycles. The number of anilines is 1. The number of hydrogen-bond acceptors (Lipinski definition) is 2. The first-order chi connectivity index (χ1) is 15.6. The molecule has 6 aliphatic rings. The van der Waals surface area contributed by atoms with Gasteiger partial charge in [0, 0.05) is 11.6 Å². The molecule has 4 saturated carbocycles. The van der Waals surface area contributed by atoms with Crippen molar-refractivity contribution in [2.75, 3.05) is 5.32 Å². The molecule has 0 saturated heterocycles. The maximum Gasteiger partial charge on any atom is 0.335 e. The largest absolute Gasteiger partial charge is 0.478 e. The van der Waals surface area contributed by atoms with Gasteiger partial charge in [0.05, 0.1) is 11.6 Å². The summed E-state index contributed by atoms with van der Waals surface area (Å²) < 4.78 is 0. The number of carbonyl (C=O) groups is 1. The molecule has 5 aliphatic carbocycles. The van der Waals surface area contributed by atoms with Crippen molar-refractivity contribution >= 4 is 11.7 Å². The zero-order valence-electron chi connectivity index (χ0n) is 18.5. The molecule has 0 radical (unpaired) electrons. The monoisotopic (exact) mass is 425 g/mol. The third-order valence-corrected chi connectivity index (χ3v) is 9.53. The fraction of sp³-hybridized carbons (Fsp3) is 0.483. The first kappa shape index (κ1) is 19.0. The second kappa shape index (κ2) is 6.73. The number of allylic oxidation sites excluding steroid dienone is 2. The van der Waals surface area contributed by atoms with Gasteiger partial charge >= 0.3 is 5.97 Å². The molecular formula is C29H31NO2. The molecule has 0 aromatic heterocycles. The molecule has 2 N–H and O–H groups in total. The van der Waals surface area contributed by atoms with E-state index in [0.717, 1.165) is 24.2 Å². The Balaban J connectivity index is 1.24. The quantitative estimate of drug-likeness (QED) is 0.539. The van der Waals surface area contributed by atoms with Crippen LogP contribution >= 0.6 is 0 Å². The summed E-state index contributed by atoms with van der Waals surface area (Å²) >= 11 is 0. The van der Waals surface area contributed by atoms with E-state index in [0.29, 0.717) is 22.8 Å². The molecule has 8 rings (SSSR count). The lowest BCUT2D eigenvalue weighted by molar-refractivity contribution is -0.00523. The molecule has 1 aliphatic heterocycles. The topological polar surface area (TPSA) is 49.3 Å². The Hall–Kier alpha value is -2.55. The Kier molecular flexibility index (Phi) is 3.99. The highest BCUT2D eigenvalue weighted by atomic mass is 16.4. The van der Waals surface area contributed by atoms with E-state index in [-0.39, 0.29) is 6.04 Å². The standard InChI is InChI=1S/C29H31NO2/c31-28(32)21-6-4-20(5-7-21)27-24-3-1-2-23(24)25-13-22(8-9-26(25)30-27)29-14-17-10-18(15-29)12-19(11-17)16-29/h1-2,4-9,13,17-19,23-24,27,30H,3,10-12,14-16H2,(H,31,32)/t17?,18?,19?,23-,24+,27+,29?/m1/s1. The summed E-state index contributed by atoms with van der Waals surface area (Å²) in [6.45, 7) is 0. The van der Waals surface area contributed by atoms with Gasteiger partial charge < -0.3 is 10.4 Å². The molecule has 3 heteroatoms. The van der Waals surface area contributed by atoms with E-state index < -0.39 is 5.97 Å². The van der Waals surface area contributed by atoms with Crippen LogP contribution in [0, 0.1) is 23.7 Å². The van der Waals surface area contributed by atoms with Gasteiger partial charge in [-0.3, -0.25) is 0 Å². The third kappa shape index (κ3) is 2.76. The average molecular weight is 426 g/mol. The van der Waals surface area contributed by atoms with Crippen molar-refractivity contribution < 1.29 is 9.90 Å². The van der Waals surface area contributed by atoms with Crippen LogP contribution in [0.1, 0.15) is 84.0 Å². The van der Waals surface area contributed by atoms with E-state index in [1.165, 1.54) is 55.3 Å². The SMILES string of the molecule is O=C(O)c1ccc([C@@H]2Nc3ccc(C45CC6CC(CC(C6)C4)C5)cc3[C@@H]3C=CC[C@@H]32)cc1. The highest BCUT2D eigenvalue weighted by molar-refractivity contribution is 5.87. The average Bonchev–Trinajstić information content (AvgIpc) is 3.28. The van der Waals surface area contributed by atoms with Crippen LogP contribution in [0.25, 0.3) is 0 Å². The molecule has 3 nitrogen and oxygen atoms in total. The summed E-state index contributed by atoms with van der Waals surface area (Å²) in [5, 5.41) is 13.1. The summed E-state index contributed by atoms with van der Waals surface area (Å²) in [7, 11) is 0. The second-order valence-corrected chi connectivity index (χ2v) is 11.4. The van der Waals surface area contributed by atoms with Crippen LogP contribution in [0.4, 0.5) is 5.69 Å². The number of carboxylic acid groups (broad SMARTS) is 1. The molecule has 2 aromatic rings. The van der Waals surface area contributed by atoms with Crippen LogP contribution in [0.15, 0.2) is 54.6 Å². The predicted octanol–water partition coefficient (Wildman–Crippen LogP) is 6.68. The van der Waals surface area contributed by atoms with Crippen LogP contribution in [-0.4, -0.2) is 11.1 Å². The predicted molar refractivity (Wildman–Crippen MR) is 126 cm³/mol. The van der Waals surface area contributed by atoms with Crippen LogP contribution in [-0.2, 0) is 5.41 Å². The van der Waals surface area contributed by atoms with Gasteiger partial charge in [-0.2, -0.15) is 0 Å². The number of rotatable bonds is 3. The first-order valence-corrected chi connectivity index (χ1v) is 12.5. The van der Waals surface area contributed by atoms with Crippen LogP contribution in [0.2, 0.25) is 0 Å². The van der Waals surface area contributed by atoms with E-state index in [1.807, 2.05) is 12.1 Å². The maximum atomic E-state index is 11.3. The molecule has 32 heavy (non-hydrogen) atoms. The van der Waals surface area contributed by atoms with Crippen molar-refractivity contribution in [1.82, 2.24) is 0 Å². The molecule has 0 spiro atoms. The lowest BCUT2D eigenvalue weighted by atomic mass is 9.48. The Labute approximate surface area is 189 Å². The minimum absolute atomic E-state index is 0.218. The maximum absolute atomic E-state index is 11.3. The van der Waals surface area contributed by atoms with Crippen molar-refractivity contribution in [1.29, 1.82) is 0 Å². The minimum atomic E-state index is -0.865. The molecule has 2 aromatic carbocycles. The molecule has 0 unspecified atom stereocenters. The summed E-state index contributed by atoms with van der Waals surface area (Å²) in [5.41, 5.74) is 6.33. The van der Waals surface area contributed by atoms with Crippen molar-refractivity contribution in [3.05, 3.63) is 76.9 Å². The van der Waals surface area contributed by atoms with E-state index >= 15 is 0 Å². The van der Waals surface area contributed by atoms with Crippen molar-refractivity contribution in [2.24, 2.45) is 23.7 Å². The lowest BCUT2D eigenvalue weighted by Crippen LogP contribution is -2.48. The summed E-state index contributed by atoms with van der Waals surface area (Å²) in [6, 6.07) is 15.0. The Morgan fingerprint density at radius 3 is 2.28 bits per heavy atom. The number of aromatic carboxylic acids is 1. The van der Waals surface area contributed by atoms with Crippen LogP contribution in [0.5, 0.6) is 0 Å². The minimum Gasteiger partial charge on any atom is -0.478 e. The summed E-state index contributed by atoms with van der Waals surface area (Å²) in [4.78, 5) is 11.3. The number of hydrogen-bond donors (Lipinski definition) is 2. The van der Waals surface area contributed by atoms with E-state index in [2.05, 4.69) is 35.7 Å². The molecule has 4 fully saturated rings. The Bertz CT molecular complexity index is 1080. The van der Waals surface area contributed by atoms with E-state index in [4.69, 9.17) is 0 Å². The molecule has 3 atom stereocenters. The van der Waals surface area contributed by atoms with Gasteiger partial charge in [0.15, 0.2) is 0 Å². The molecule has 164 valence electrons. The Morgan fingerprint density at radius 1 is 0.938 bits per heavy atom. The van der Waals surface area contributed by atoms with Gasteiger partial charge in [-0.25, -0.2) is 4.79 Å². The smallest absolute Gasteiger partial charge is 0.335 e. The number of carboxylic acids is 1. The van der Waals surface area contributed by atoms with Gasteiger partial charge in [0.25, 0.3) is 0 Å². The summed E-state index contributed by atoms with van der Waals surface area (Å²) in [6.07, 6.45) is 14.5. The third-order valence-electron chi connectivity index (χ3n) is 9.53. The molecule has 4 bridgehead atoms. The van der Waals surface area contributed by atoms with Gasteiger partial charge in [-0.15, -0.1) is 0 Å². The van der Waals surface area contributed by atoms with E-state index in [9.17, 15) is 9.90 Å². The first-order valence-electron chi connectivity index (χ1n) is 12.5. The second-order valence-electron chi connectivity index (χ2n) is 11.4. The van der Waals surface area contributed by atoms with Crippen LogP contribution < -0.4 is 5.32 Å². The van der Waals surface area contributed by atoms with Crippen molar-refractivity contribution in [3.8, 4) is 0 Å². The highest BCUT2D eigenvalue weighted by Crippen LogP contribution is 2.61. The number of benzene rings is 2. The number of nitrogens with one attached hydrogen (secondary N) is 1. The zero-order valence-corrected chi connectivity index (χ0v) is 18.5. The summed E-state index contributed by atoms with van der Waals surface area (Å²) in [5.74, 6) is 2.97. The molecular weight excluding hydrogens is 394 g/mol. The molecule has 0 amide bonds. The Morgan fingerprint density at radius 2 is 1.62 bits per heavy atom. The normalized spacial score (nSPS) is 38.2. The fourth-order valence-electron chi connectivity index (χ4n) is 8.55. The zero-order chi connectivity index (χ0) is 21.4. The van der Waals surface area contributed by atoms with Crippen molar-refractivity contribution in [2.45, 2.75) is 62.3 Å². The van der Waals surface area contributed by atoms with E-state index in [1.54, 1.807) is 17.7 Å². The highest BCUT2D eigenvalue weighted by Gasteiger charge is 2.52. The van der Waals surface area contributed by atoms with Gasteiger partial charge in [-0.1, -0.05) is 36.4 Å². The fourth-order valence-corrected chi connectivity index (χ4v) is 8.55.